The summed E-state index contributed by atoms with van der Waals surface area (Å²) in [6.45, 7) is 0. The lowest BCUT2D eigenvalue weighted by Gasteiger charge is -2.01. The van der Waals surface area contributed by atoms with Crippen LogP contribution in [0.5, 0.6) is 5.75 Å². The third kappa shape index (κ3) is 4.17. The van der Waals surface area contributed by atoms with E-state index in [4.69, 9.17) is 4.74 Å². The summed E-state index contributed by atoms with van der Waals surface area (Å²) in [7, 11) is 0. The Labute approximate surface area is 125 Å². The Morgan fingerprint density at radius 1 is 0.950 bits per heavy atom. The quantitative estimate of drug-likeness (QED) is 0.370. The van der Waals surface area contributed by atoms with Crippen LogP contribution in [0.4, 0.5) is 0 Å². The van der Waals surface area contributed by atoms with Crippen LogP contribution < -0.4 is 4.74 Å². The molecular formula is C16H11BrO3. The van der Waals surface area contributed by atoms with E-state index in [0.717, 1.165) is 16.3 Å². The normalized spacial score (nSPS) is 10.4. The molecule has 0 fully saturated rings. The van der Waals surface area contributed by atoms with Gasteiger partial charge in [0.25, 0.3) is 0 Å². The van der Waals surface area contributed by atoms with Crippen LogP contribution in [-0.2, 0) is 4.79 Å². The lowest BCUT2D eigenvalue weighted by molar-refractivity contribution is -0.128. The van der Waals surface area contributed by atoms with Gasteiger partial charge in [0.2, 0.25) is 0 Å². The molecule has 0 radical (unpaired) electrons. The molecule has 2 rings (SSSR count). The van der Waals surface area contributed by atoms with E-state index >= 15 is 0 Å². The number of rotatable bonds is 4. The average molecular weight is 331 g/mol. The molecule has 4 heteroatoms. The van der Waals surface area contributed by atoms with Gasteiger partial charge in [0.15, 0.2) is 0 Å². The predicted octanol–water partition coefficient (Wildman–Crippen LogP) is 3.88. The smallest absolute Gasteiger partial charge is 0.336 e. The summed E-state index contributed by atoms with van der Waals surface area (Å²) in [5.74, 6) is -0.0622. The second-order valence-electron chi connectivity index (χ2n) is 3.99. The molecule has 0 heterocycles. The maximum Gasteiger partial charge on any atom is 0.336 e. The summed E-state index contributed by atoms with van der Waals surface area (Å²) >= 11 is 3.34. The van der Waals surface area contributed by atoms with Crippen LogP contribution in [0.25, 0.3) is 6.08 Å². The van der Waals surface area contributed by atoms with E-state index in [0.29, 0.717) is 11.3 Å². The van der Waals surface area contributed by atoms with Gasteiger partial charge in [-0.2, -0.15) is 0 Å². The summed E-state index contributed by atoms with van der Waals surface area (Å²) < 4.78 is 6.09. The lowest BCUT2D eigenvalue weighted by atomic mass is 10.2. The lowest BCUT2D eigenvalue weighted by Crippen LogP contribution is -2.03. The van der Waals surface area contributed by atoms with Gasteiger partial charge >= 0.3 is 5.97 Å². The van der Waals surface area contributed by atoms with E-state index in [9.17, 15) is 9.59 Å². The zero-order valence-corrected chi connectivity index (χ0v) is 12.0. The van der Waals surface area contributed by atoms with Crippen LogP contribution in [0.15, 0.2) is 59.1 Å². The highest BCUT2D eigenvalue weighted by Crippen LogP contribution is 2.13. The minimum atomic E-state index is -0.466. The van der Waals surface area contributed by atoms with Gasteiger partial charge in [-0.25, -0.2) is 4.79 Å². The summed E-state index contributed by atoms with van der Waals surface area (Å²) in [6, 6.07) is 13.9. The molecule has 20 heavy (non-hydrogen) atoms. The van der Waals surface area contributed by atoms with Crippen molar-refractivity contribution >= 4 is 34.3 Å². The van der Waals surface area contributed by atoms with Gasteiger partial charge in [0, 0.05) is 16.1 Å². The number of hydrogen-bond acceptors (Lipinski definition) is 3. The molecule has 0 saturated heterocycles. The van der Waals surface area contributed by atoms with Crippen LogP contribution in [0, 0.1) is 0 Å². The summed E-state index contributed by atoms with van der Waals surface area (Å²) in [5.41, 5.74) is 1.44. The summed E-state index contributed by atoms with van der Waals surface area (Å²) in [6.07, 6.45) is 3.77. The van der Waals surface area contributed by atoms with Gasteiger partial charge in [-0.15, -0.1) is 0 Å². The van der Waals surface area contributed by atoms with Crippen LogP contribution in [0.2, 0.25) is 0 Å². The zero-order valence-electron chi connectivity index (χ0n) is 10.5. The molecule has 0 unspecified atom stereocenters. The van der Waals surface area contributed by atoms with Gasteiger partial charge in [0.1, 0.15) is 12.0 Å². The fourth-order valence-corrected chi connectivity index (χ4v) is 1.77. The molecule has 3 nitrogen and oxygen atoms in total. The Morgan fingerprint density at radius 3 is 2.15 bits per heavy atom. The van der Waals surface area contributed by atoms with Crippen molar-refractivity contribution in [2.75, 3.05) is 0 Å². The second-order valence-corrected chi connectivity index (χ2v) is 4.91. The Bertz CT molecular complexity index is 628. The van der Waals surface area contributed by atoms with Crippen molar-refractivity contribution in [3.8, 4) is 5.75 Å². The summed E-state index contributed by atoms with van der Waals surface area (Å²) in [5, 5.41) is 0. The number of carbonyl (C=O) groups is 2. The van der Waals surface area contributed by atoms with E-state index in [1.165, 1.54) is 6.08 Å². The number of benzene rings is 2. The van der Waals surface area contributed by atoms with Gasteiger partial charge in [-0.1, -0.05) is 28.1 Å². The fourth-order valence-electron chi connectivity index (χ4n) is 1.50. The van der Waals surface area contributed by atoms with Crippen LogP contribution in [-0.4, -0.2) is 12.3 Å². The van der Waals surface area contributed by atoms with E-state index < -0.39 is 5.97 Å². The summed E-state index contributed by atoms with van der Waals surface area (Å²) in [4.78, 5) is 22.1. The molecule has 0 atom stereocenters. The minimum Gasteiger partial charge on any atom is -0.423 e. The first-order chi connectivity index (χ1) is 9.67. The van der Waals surface area contributed by atoms with Crippen LogP contribution in [0.1, 0.15) is 15.9 Å². The molecule has 0 aliphatic rings. The third-order valence-electron chi connectivity index (χ3n) is 2.52. The number of hydrogen-bond donors (Lipinski definition) is 0. The Balaban J connectivity index is 1.97. The van der Waals surface area contributed by atoms with E-state index in [2.05, 4.69) is 15.9 Å². The van der Waals surface area contributed by atoms with Crippen molar-refractivity contribution < 1.29 is 14.3 Å². The first kappa shape index (κ1) is 14.2. The molecule has 0 amide bonds. The molecule has 2 aromatic carbocycles. The molecule has 0 aliphatic carbocycles. The highest BCUT2D eigenvalue weighted by Gasteiger charge is 2.00. The SMILES string of the molecule is O=Cc1ccc(OC(=O)C=Cc2ccc(Br)cc2)cc1. The number of esters is 1. The average Bonchev–Trinajstić information content (AvgIpc) is 2.47. The van der Waals surface area contributed by atoms with Gasteiger partial charge in [0.05, 0.1) is 0 Å². The second kappa shape index (κ2) is 6.82. The third-order valence-corrected chi connectivity index (χ3v) is 3.05. The maximum absolute atomic E-state index is 11.6. The molecular weight excluding hydrogens is 320 g/mol. The minimum absolute atomic E-state index is 0.404. The van der Waals surface area contributed by atoms with Crippen molar-refractivity contribution in [3.05, 3.63) is 70.2 Å². The first-order valence-corrected chi connectivity index (χ1v) is 6.67. The Kier molecular flexibility index (Phi) is 4.85. The standard InChI is InChI=1S/C16H11BrO3/c17-14-6-1-12(2-7-14)5-10-16(19)20-15-8-3-13(11-18)4-9-15/h1-11H. The highest BCUT2D eigenvalue weighted by molar-refractivity contribution is 9.10. The maximum atomic E-state index is 11.6. The van der Waals surface area contributed by atoms with E-state index in [1.807, 2.05) is 24.3 Å². The fraction of sp³-hybridized carbons (Fsp3) is 0. The molecule has 0 aliphatic heterocycles. The molecule has 0 bridgehead atoms. The number of aldehydes is 1. The largest absolute Gasteiger partial charge is 0.423 e. The molecule has 0 spiro atoms. The molecule has 0 saturated carbocycles. The molecule has 0 aromatic heterocycles. The van der Waals surface area contributed by atoms with Gasteiger partial charge in [-0.05, 0) is 48.0 Å². The zero-order chi connectivity index (χ0) is 14.4. The molecule has 0 N–H and O–H groups in total. The van der Waals surface area contributed by atoms with Crippen molar-refractivity contribution in [3.63, 3.8) is 0 Å². The van der Waals surface area contributed by atoms with Gasteiger partial charge in [-0.3, -0.25) is 4.79 Å². The number of ether oxygens (including phenoxy) is 1. The Morgan fingerprint density at radius 2 is 1.55 bits per heavy atom. The van der Waals surface area contributed by atoms with Gasteiger partial charge < -0.3 is 4.74 Å². The monoisotopic (exact) mass is 330 g/mol. The predicted molar refractivity (Wildman–Crippen MR) is 80.6 cm³/mol. The number of carbonyl (C=O) groups excluding carboxylic acids is 2. The first-order valence-electron chi connectivity index (χ1n) is 5.88. The highest BCUT2D eigenvalue weighted by atomic mass is 79.9. The Hall–Kier alpha value is -2.20. The van der Waals surface area contributed by atoms with Crippen LogP contribution >= 0.6 is 15.9 Å². The van der Waals surface area contributed by atoms with Crippen molar-refractivity contribution in [2.45, 2.75) is 0 Å². The molecule has 2 aromatic rings. The molecule has 100 valence electrons. The van der Waals surface area contributed by atoms with E-state index in [1.54, 1.807) is 30.3 Å². The van der Waals surface area contributed by atoms with Crippen LogP contribution in [0.3, 0.4) is 0 Å². The van der Waals surface area contributed by atoms with E-state index in [-0.39, 0.29) is 0 Å². The number of halogens is 1. The topological polar surface area (TPSA) is 43.4 Å². The van der Waals surface area contributed by atoms with Crippen molar-refractivity contribution in [1.82, 2.24) is 0 Å². The van der Waals surface area contributed by atoms with Crippen molar-refractivity contribution in [2.24, 2.45) is 0 Å². The van der Waals surface area contributed by atoms with Crippen molar-refractivity contribution in [1.29, 1.82) is 0 Å².